The molecule has 0 spiro atoms. The van der Waals surface area contributed by atoms with E-state index in [0.717, 1.165) is 44.0 Å². The summed E-state index contributed by atoms with van der Waals surface area (Å²) in [6.45, 7) is 3.55. The number of aliphatic hydroxyl groups is 1. The first-order valence-electron chi connectivity index (χ1n) is 29.2. The average molecular weight is 1230 g/mol. The van der Waals surface area contributed by atoms with Crippen molar-refractivity contribution in [1.29, 1.82) is 0 Å². The van der Waals surface area contributed by atoms with Crippen molar-refractivity contribution in [1.82, 2.24) is 58.2 Å². The van der Waals surface area contributed by atoms with Crippen molar-refractivity contribution in [2.24, 2.45) is 28.1 Å². The van der Waals surface area contributed by atoms with Gasteiger partial charge in [0.25, 0.3) is 0 Å². The molecule has 0 aliphatic heterocycles. The highest BCUT2D eigenvalue weighted by Gasteiger charge is 2.37. The maximum atomic E-state index is 14.1. The predicted molar refractivity (Wildman–Crippen MR) is 320 cm³/mol. The zero-order chi connectivity index (χ0) is 65.0. The van der Waals surface area contributed by atoms with Crippen molar-refractivity contribution in [3.05, 3.63) is 65.9 Å². The maximum Gasteiger partial charge on any atom is 0.303 e. The third-order valence-electron chi connectivity index (χ3n) is 14.6. The molecule has 20 N–H and O–H groups in total. The molecule has 11 amide bonds. The van der Waals surface area contributed by atoms with Crippen molar-refractivity contribution < 1.29 is 72.9 Å². The van der Waals surface area contributed by atoms with Gasteiger partial charge >= 0.3 is 5.97 Å². The summed E-state index contributed by atoms with van der Waals surface area (Å²) >= 11 is 0. The SMILES string of the molecule is CCC[C@H](NC(=O)CNC(=O)[C@H](CC1CCCCC1)NC(=O)[C@@H](NC(=O)[C@H](CC(N)=O)NC(=O)[C@H](CCC(=O)O)NC(=O)[C@@H](Cc1ccc(O)cc1)NC(C)=O)[C@@H](C)O)C(=O)N[C@@H](CCCNC(N)=NC)C(=O)N[C@@H](Cc1c[nH]c2ccccc12)C(N)=O. The number of carboxylic acid groups (broad SMARTS) is 1. The van der Waals surface area contributed by atoms with Crippen molar-refractivity contribution >= 4 is 87.8 Å². The molecule has 30 nitrogen and oxygen atoms in total. The Balaban J connectivity index is 1.48. The summed E-state index contributed by atoms with van der Waals surface area (Å²) in [5, 5.41) is 56.2. The number of nitrogens with one attached hydrogen (secondary N) is 11. The quantitative estimate of drug-likeness (QED) is 0.0161. The largest absolute Gasteiger partial charge is 0.508 e. The number of guanidine groups is 1. The molecule has 1 aromatic heterocycles. The molecule has 0 radical (unpaired) electrons. The van der Waals surface area contributed by atoms with Crippen LogP contribution in [0.2, 0.25) is 0 Å². The van der Waals surface area contributed by atoms with Crippen LogP contribution in [-0.4, -0.2) is 172 Å². The molecule has 0 bridgehead atoms. The second kappa shape index (κ2) is 36.0. The first kappa shape index (κ1) is 71.1. The van der Waals surface area contributed by atoms with E-state index in [1.807, 2.05) is 24.3 Å². The highest BCUT2D eigenvalue weighted by atomic mass is 16.4. The van der Waals surface area contributed by atoms with Gasteiger partial charge in [-0.25, -0.2) is 0 Å². The number of aromatic hydroxyl groups is 1. The van der Waals surface area contributed by atoms with Crippen LogP contribution in [0.1, 0.15) is 115 Å². The van der Waals surface area contributed by atoms with Gasteiger partial charge in [-0.15, -0.1) is 0 Å². The number of phenols is 1. The number of aliphatic carboxylic acids is 1. The smallest absolute Gasteiger partial charge is 0.303 e. The number of hydrogen-bond donors (Lipinski definition) is 17. The number of hydrogen-bond acceptors (Lipinski definition) is 15. The van der Waals surface area contributed by atoms with Gasteiger partial charge in [0, 0.05) is 56.9 Å². The highest BCUT2D eigenvalue weighted by molar-refractivity contribution is 5.99. The number of amides is 11. The van der Waals surface area contributed by atoms with Gasteiger partial charge in [-0.2, -0.15) is 0 Å². The summed E-state index contributed by atoms with van der Waals surface area (Å²) < 4.78 is 0. The van der Waals surface area contributed by atoms with Crippen molar-refractivity contribution in [3.63, 3.8) is 0 Å². The number of para-hydroxylation sites is 1. The molecule has 0 unspecified atom stereocenters. The minimum Gasteiger partial charge on any atom is -0.508 e. The summed E-state index contributed by atoms with van der Waals surface area (Å²) in [5.41, 5.74) is 19.0. The molecule has 30 heteroatoms. The molecule has 1 heterocycles. The molecule has 1 saturated carbocycles. The minimum atomic E-state index is -1.90. The summed E-state index contributed by atoms with van der Waals surface area (Å²) in [7, 11) is 1.48. The topological polar surface area (TPSA) is 492 Å². The Labute approximate surface area is 508 Å². The number of fused-ring (bicyclic) bond motifs is 1. The third-order valence-corrected chi connectivity index (χ3v) is 14.6. The lowest BCUT2D eigenvalue weighted by molar-refractivity contribution is -0.139. The number of H-pyrrole nitrogens is 1. The fourth-order valence-corrected chi connectivity index (χ4v) is 9.97. The Morgan fingerprint density at radius 1 is 0.648 bits per heavy atom. The van der Waals surface area contributed by atoms with Crippen molar-refractivity contribution in [2.45, 2.75) is 172 Å². The molecule has 1 aliphatic rings. The molecule has 3 aromatic rings. The number of carbonyl (C=O) groups is 12. The lowest BCUT2D eigenvalue weighted by Crippen LogP contribution is -2.61. The van der Waals surface area contributed by atoms with E-state index < -0.39 is 151 Å². The molecule has 482 valence electrons. The minimum absolute atomic E-state index is 0.0298. The highest BCUT2D eigenvalue weighted by Crippen LogP contribution is 2.28. The number of carboxylic acids is 1. The second-order valence-corrected chi connectivity index (χ2v) is 21.8. The zero-order valence-corrected chi connectivity index (χ0v) is 49.9. The number of aliphatic hydroxyl groups excluding tert-OH is 1. The van der Waals surface area contributed by atoms with E-state index in [1.165, 1.54) is 31.3 Å². The molecule has 9 atom stereocenters. The summed E-state index contributed by atoms with van der Waals surface area (Å²) in [5.74, 6) is -11.6. The van der Waals surface area contributed by atoms with Gasteiger partial charge in [0.05, 0.1) is 19.1 Å². The number of phenolic OH excluding ortho intramolecular Hbond substituents is 1. The first-order valence-corrected chi connectivity index (χ1v) is 29.2. The van der Waals surface area contributed by atoms with Gasteiger partial charge in [0.2, 0.25) is 65.0 Å². The number of aromatic amines is 1. The number of aromatic nitrogens is 1. The van der Waals surface area contributed by atoms with E-state index in [9.17, 15) is 72.9 Å². The third kappa shape index (κ3) is 24.2. The fraction of sp³-hybridized carbons (Fsp3) is 0.534. The van der Waals surface area contributed by atoms with Crippen LogP contribution in [0.3, 0.4) is 0 Å². The Morgan fingerprint density at radius 3 is 1.82 bits per heavy atom. The lowest BCUT2D eigenvalue weighted by Gasteiger charge is -2.29. The zero-order valence-electron chi connectivity index (χ0n) is 49.9. The van der Waals surface area contributed by atoms with Gasteiger partial charge in [-0.1, -0.05) is 75.8 Å². The normalized spacial score (nSPS) is 15.6. The summed E-state index contributed by atoms with van der Waals surface area (Å²) in [6.07, 6.45) is 2.53. The molecule has 88 heavy (non-hydrogen) atoms. The summed E-state index contributed by atoms with van der Waals surface area (Å²) in [4.78, 5) is 167. The van der Waals surface area contributed by atoms with Crippen LogP contribution in [0.4, 0.5) is 0 Å². The monoisotopic (exact) mass is 1230 g/mol. The van der Waals surface area contributed by atoms with Crippen molar-refractivity contribution in [3.8, 4) is 5.75 Å². The van der Waals surface area contributed by atoms with Crippen LogP contribution in [-0.2, 0) is 70.4 Å². The fourth-order valence-electron chi connectivity index (χ4n) is 9.97. The lowest BCUT2D eigenvalue weighted by atomic mass is 9.84. The van der Waals surface area contributed by atoms with E-state index in [4.69, 9.17) is 17.2 Å². The van der Waals surface area contributed by atoms with Gasteiger partial charge < -0.3 is 90.7 Å². The predicted octanol–water partition coefficient (Wildman–Crippen LogP) is -2.64. The Kier molecular flexibility index (Phi) is 29.1. The van der Waals surface area contributed by atoms with Crippen LogP contribution in [0.15, 0.2) is 59.7 Å². The number of nitrogens with two attached hydrogens (primary N) is 3. The number of primary amides is 2. The van der Waals surface area contributed by atoms with Crippen molar-refractivity contribution in [2.75, 3.05) is 20.1 Å². The molecule has 0 saturated heterocycles. The van der Waals surface area contributed by atoms with Crippen LogP contribution in [0.5, 0.6) is 5.75 Å². The number of rotatable bonds is 36. The Bertz CT molecular complexity index is 2950. The van der Waals surface area contributed by atoms with Crippen LogP contribution >= 0.6 is 0 Å². The van der Waals surface area contributed by atoms with E-state index >= 15 is 0 Å². The van der Waals surface area contributed by atoms with E-state index in [1.54, 1.807) is 13.1 Å². The van der Waals surface area contributed by atoms with E-state index in [2.05, 4.69) is 63.1 Å². The molecule has 2 aromatic carbocycles. The second-order valence-electron chi connectivity index (χ2n) is 21.8. The van der Waals surface area contributed by atoms with E-state index in [-0.39, 0.29) is 62.7 Å². The van der Waals surface area contributed by atoms with E-state index in [0.29, 0.717) is 30.4 Å². The molecule has 1 fully saturated rings. The maximum absolute atomic E-state index is 14.1. The van der Waals surface area contributed by atoms with Gasteiger partial charge in [0.15, 0.2) is 5.96 Å². The molecular formula is C58H85N15O15. The van der Waals surface area contributed by atoms with Gasteiger partial charge in [-0.3, -0.25) is 62.5 Å². The van der Waals surface area contributed by atoms with Crippen LogP contribution < -0.4 is 70.4 Å². The first-order chi connectivity index (χ1) is 41.8. The van der Waals surface area contributed by atoms with Crippen LogP contribution in [0, 0.1) is 5.92 Å². The Morgan fingerprint density at radius 2 is 1.23 bits per heavy atom. The van der Waals surface area contributed by atoms with Gasteiger partial charge in [-0.05, 0) is 74.3 Å². The van der Waals surface area contributed by atoms with Crippen LogP contribution in [0.25, 0.3) is 10.9 Å². The molecule has 1 aliphatic carbocycles. The molecule has 4 rings (SSSR count). The number of carbonyl (C=O) groups excluding carboxylic acids is 11. The standard InChI is InChI=1S/C58H85N15O15/c1-5-12-39(52(83)68-40(17-11-24-63-58(61)62-4)53(84)70-42(50(60)81)27-35-29-64-38-16-10-9-15-37(35)38)67-47(78)30-65-51(82)43(25-33-13-7-6-8-14-33)72-57(88)49(31(2)74)73-56(87)45(28-46(59)77)71-54(85)41(22-23-48(79)80)69-55(86)44(66-32(3)75)26-34-18-20-36(76)21-19-34/h9-10,15-16,18-21,29,31,33,39-45,49,64,74,76H,5-8,11-14,17,22-28,30H2,1-4H3,(H2,59,77)(H2,60,81)(H,65,82)(H,66,75)(H,67,78)(H,68,83)(H,69,86)(H,70,84)(H,71,85)(H,72,88)(H,73,87)(H,79,80)(H3,61,62,63)/t31-,39+,40+,41+,42+,43+,44-,45+,49+/m1/s1. The Hall–Kier alpha value is -9.35. The number of aliphatic imine (C=N–C) groups is 1. The summed E-state index contributed by atoms with van der Waals surface area (Å²) in [6, 6.07) is 1.18. The van der Waals surface area contributed by atoms with Gasteiger partial charge in [0.1, 0.15) is 54.1 Å². The number of nitrogens with zero attached hydrogens (tertiary/aromatic N) is 1. The number of benzene rings is 2. The molecular weight excluding hydrogens is 1150 g/mol. The average Bonchev–Trinajstić information content (AvgIpc) is 4.04.